The Bertz CT molecular complexity index is 463. The smallest absolute Gasteiger partial charge is 0.328 e. The molecule has 0 amide bonds. The SMILES string of the molecule is CCOc1cccc(C2CC/C(=C\C(=O)O)C2)c1. The van der Waals surface area contributed by atoms with Crippen LogP contribution >= 0.6 is 0 Å². The van der Waals surface area contributed by atoms with Crippen LogP contribution in [0.5, 0.6) is 5.75 Å². The van der Waals surface area contributed by atoms with E-state index in [4.69, 9.17) is 9.84 Å². The lowest BCUT2D eigenvalue weighted by Gasteiger charge is -2.11. The second-order valence-corrected chi connectivity index (χ2v) is 4.59. The van der Waals surface area contributed by atoms with Crippen LogP contribution in [0, 0.1) is 0 Å². The van der Waals surface area contributed by atoms with Gasteiger partial charge in [0.15, 0.2) is 0 Å². The van der Waals surface area contributed by atoms with Crippen LogP contribution in [0.4, 0.5) is 0 Å². The second-order valence-electron chi connectivity index (χ2n) is 4.59. The van der Waals surface area contributed by atoms with E-state index in [1.165, 1.54) is 11.6 Å². The fraction of sp³-hybridized carbons (Fsp3) is 0.400. The average Bonchev–Trinajstić information content (AvgIpc) is 2.77. The van der Waals surface area contributed by atoms with E-state index >= 15 is 0 Å². The molecule has 18 heavy (non-hydrogen) atoms. The molecule has 1 atom stereocenters. The van der Waals surface area contributed by atoms with Crippen molar-refractivity contribution in [2.24, 2.45) is 0 Å². The van der Waals surface area contributed by atoms with Crippen LogP contribution in [-0.2, 0) is 4.79 Å². The summed E-state index contributed by atoms with van der Waals surface area (Å²) in [6.07, 6.45) is 4.11. The molecule has 1 aliphatic carbocycles. The molecule has 0 heterocycles. The third-order valence-corrected chi connectivity index (χ3v) is 3.29. The van der Waals surface area contributed by atoms with Gasteiger partial charge in [-0.3, -0.25) is 0 Å². The average molecular weight is 246 g/mol. The molecule has 1 N–H and O–H groups in total. The zero-order valence-corrected chi connectivity index (χ0v) is 10.6. The number of benzene rings is 1. The van der Waals surface area contributed by atoms with Crippen LogP contribution in [0.1, 0.15) is 37.7 Å². The Hall–Kier alpha value is -1.77. The molecular weight excluding hydrogens is 228 g/mol. The number of allylic oxidation sites excluding steroid dienone is 1. The molecule has 0 radical (unpaired) electrons. The molecule has 1 aromatic carbocycles. The van der Waals surface area contributed by atoms with E-state index < -0.39 is 5.97 Å². The fourth-order valence-electron chi connectivity index (χ4n) is 2.50. The number of ether oxygens (including phenoxy) is 1. The van der Waals surface area contributed by atoms with Crippen molar-refractivity contribution in [3.05, 3.63) is 41.5 Å². The topological polar surface area (TPSA) is 46.5 Å². The highest BCUT2D eigenvalue weighted by Gasteiger charge is 2.21. The van der Waals surface area contributed by atoms with Gasteiger partial charge in [0, 0.05) is 6.08 Å². The first kappa shape index (κ1) is 12.7. The highest BCUT2D eigenvalue weighted by atomic mass is 16.5. The summed E-state index contributed by atoms with van der Waals surface area (Å²) in [7, 11) is 0. The first-order chi connectivity index (χ1) is 8.69. The Balaban J connectivity index is 2.09. The molecule has 1 aromatic rings. The van der Waals surface area contributed by atoms with E-state index in [1.807, 2.05) is 19.1 Å². The number of aliphatic carboxylic acids is 1. The van der Waals surface area contributed by atoms with Crippen LogP contribution in [0.15, 0.2) is 35.9 Å². The monoisotopic (exact) mass is 246 g/mol. The molecule has 0 saturated heterocycles. The zero-order valence-electron chi connectivity index (χ0n) is 10.6. The number of carboxylic acids is 1. The van der Waals surface area contributed by atoms with Crippen LogP contribution in [0.3, 0.4) is 0 Å². The van der Waals surface area contributed by atoms with Crippen molar-refractivity contribution < 1.29 is 14.6 Å². The minimum Gasteiger partial charge on any atom is -0.494 e. The Kier molecular flexibility index (Phi) is 4.03. The largest absolute Gasteiger partial charge is 0.494 e. The Morgan fingerprint density at radius 3 is 3.11 bits per heavy atom. The van der Waals surface area contributed by atoms with Gasteiger partial charge in [-0.2, -0.15) is 0 Å². The van der Waals surface area contributed by atoms with E-state index in [2.05, 4.69) is 12.1 Å². The molecule has 1 aliphatic rings. The molecule has 0 aromatic heterocycles. The minimum absolute atomic E-state index is 0.427. The number of carbonyl (C=O) groups is 1. The summed E-state index contributed by atoms with van der Waals surface area (Å²) in [6, 6.07) is 8.12. The maximum atomic E-state index is 10.6. The lowest BCUT2D eigenvalue weighted by atomic mass is 9.97. The molecule has 1 saturated carbocycles. The van der Waals surface area contributed by atoms with Gasteiger partial charge in [0.25, 0.3) is 0 Å². The zero-order chi connectivity index (χ0) is 13.0. The third kappa shape index (κ3) is 3.13. The first-order valence-corrected chi connectivity index (χ1v) is 6.34. The van der Waals surface area contributed by atoms with Crippen molar-refractivity contribution in [2.75, 3.05) is 6.61 Å². The van der Waals surface area contributed by atoms with Crippen molar-refractivity contribution in [3.63, 3.8) is 0 Å². The highest BCUT2D eigenvalue weighted by Crippen LogP contribution is 2.38. The van der Waals surface area contributed by atoms with E-state index in [1.54, 1.807) is 0 Å². The van der Waals surface area contributed by atoms with E-state index in [9.17, 15) is 4.79 Å². The van der Waals surface area contributed by atoms with Gasteiger partial charge in [-0.1, -0.05) is 17.7 Å². The highest BCUT2D eigenvalue weighted by molar-refractivity contribution is 5.80. The molecule has 0 bridgehead atoms. The van der Waals surface area contributed by atoms with Gasteiger partial charge in [-0.05, 0) is 49.8 Å². The van der Waals surface area contributed by atoms with Gasteiger partial charge in [0.1, 0.15) is 5.75 Å². The molecule has 96 valence electrons. The van der Waals surface area contributed by atoms with Gasteiger partial charge in [-0.25, -0.2) is 4.79 Å². The van der Waals surface area contributed by atoms with Crippen molar-refractivity contribution in [2.45, 2.75) is 32.1 Å². The fourth-order valence-corrected chi connectivity index (χ4v) is 2.50. The summed E-state index contributed by atoms with van der Waals surface area (Å²) in [5, 5.41) is 8.75. The van der Waals surface area contributed by atoms with E-state index in [0.717, 1.165) is 30.6 Å². The molecule has 1 fully saturated rings. The minimum atomic E-state index is -0.839. The second kappa shape index (κ2) is 5.71. The number of hydrogen-bond donors (Lipinski definition) is 1. The van der Waals surface area contributed by atoms with Crippen molar-refractivity contribution in [1.29, 1.82) is 0 Å². The van der Waals surface area contributed by atoms with Gasteiger partial charge in [0.05, 0.1) is 6.61 Å². The normalized spacial score (nSPS) is 21.2. The Morgan fingerprint density at radius 1 is 1.56 bits per heavy atom. The molecule has 0 spiro atoms. The van der Waals surface area contributed by atoms with E-state index in [0.29, 0.717) is 12.5 Å². The summed E-state index contributed by atoms with van der Waals surface area (Å²) >= 11 is 0. The summed E-state index contributed by atoms with van der Waals surface area (Å²) in [5.41, 5.74) is 2.28. The van der Waals surface area contributed by atoms with Gasteiger partial charge < -0.3 is 9.84 Å². The molecule has 1 unspecified atom stereocenters. The molecule has 3 nitrogen and oxygen atoms in total. The maximum absolute atomic E-state index is 10.6. The molecule has 3 heteroatoms. The third-order valence-electron chi connectivity index (χ3n) is 3.29. The van der Waals surface area contributed by atoms with Crippen LogP contribution in [0.25, 0.3) is 0 Å². The molecule has 0 aliphatic heterocycles. The van der Waals surface area contributed by atoms with Crippen LogP contribution in [0.2, 0.25) is 0 Å². The van der Waals surface area contributed by atoms with Crippen molar-refractivity contribution in [1.82, 2.24) is 0 Å². The lowest BCUT2D eigenvalue weighted by Crippen LogP contribution is -1.96. The first-order valence-electron chi connectivity index (χ1n) is 6.34. The van der Waals surface area contributed by atoms with Crippen molar-refractivity contribution >= 4 is 5.97 Å². The Morgan fingerprint density at radius 2 is 2.39 bits per heavy atom. The van der Waals surface area contributed by atoms with Gasteiger partial charge in [-0.15, -0.1) is 0 Å². The molecule has 2 rings (SSSR count). The lowest BCUT2D eigenvalue weighted by molar-refractivity contribution is -0.131. The van der Waals surface area contributed by atoms with Gasteiger partial charge in [0.2, 0.25) is 0 Å². The maximum Gasteiger partial charge on any atom is 0.328 e. The summed E-state index contributed by atoms with van der Waals surface area (Å²) in [6.45, 7) is 2.63. The Labute approximate surface area is 107 Å². The summed E-state index contributed by atoms with van der Waals surface area (Å²) in [4.78, 5) is 10.6. The molecular formula is C15H18O3. The van der Waals surface area contributed by atoms with Crippen LogP contribution < -0.4 is 4.74 Å². The quantitative estimate of drug-likeness (QED) is 0.828. The summed E-state index contributed by atoms with van der Waals surface area (Å²) < 4.78 is 5.49. The predicted octanol–water partition coefficient (Wildman–Crippen LogP) is 3.36. The standard InChI is InChI=1S/C15H18O3/c1-2-18-14-5-3-4-12(10-14)13-7-6-11(8-13)9-15(16)17/h3-5,9-10,13H,2,6-8H2,1H3,(H,16,17)/b11-9+. The number of carboxylic acid groups (broad SMARTS) is 1. The van der Waals surface area contributed by atoms with Crippen molar-refractivity contribution in [3.8, 4) is 5.75 Å². The number of hydrogen-bond acceptors (Lipinski definition) is 2. The predicted molar refractivity (Wildman–Crippen MR) is 69.9 cm³/mol. The van der Waals surface area contributed by atoms with Gasteiger partial charge >= 0.3 is 5.97 Å². The van der Waals surface area contributed by atoms with Crippen LogP contribution in [-0.4, -0.2) is 17.7 Å². The number of rotatable bonds is 4. The summed E-state index contributed by atoms with van der Waals surface area (Å²) in [5.74, 6) is 0.482. The van der Waals surface area contributed by atoms with E-state index in [-0.39, 0.29) is 0 Å².